The van der Waals surface area contributed by atoms with Gasteiger partial charge < -0.3 is 10.2 Å². The van der Waals surface area contributed by atoms with E-state index < -0.39 is 10.0 Å². The van der Waals surface area contributed by atoms with Crippen molar-refractivity contribution in [3.8, 4) is 0 Å². The summed E-state index contributed by atoms with van der Waals surface area (Å²) >= 11 is 0. The first-order chi connectivity index (χ1) is 14.5. The van der Waals surface area contributed by atoms with E-state index in [0.717, 1.165) is 30.5 Å². The lowest BCUT2D eigenvalue weighted by Gasteiger charge is -2.27. The van der Waals surface area contributed by atoms with Crippen LogP contribution in [0.15, 0.2) is 60.7 Å². The summed E-state index contributed by atoms with van der Waals surface area (Å²) in [5.41, 5.74) is 1.88. The Bertz CT molecular complexity index is 950. The van der Waals surface area contributed by atoms with Gasteiger partial charge in [-0.05, 0) is 36.3 Å². The van der Waals surface area contributed by atoms with Crippen molar-refractivity contribution in [1.29, 1.82) is 0 Å². The van der Waals surface area contributed by atoms with Crippen molar-refractivity contribution < 1.29 is 13.2 Å². The van der Waals surface area contributed by atoms with Gasteiger partial charge in [0.15, 0.2) is 0 Å². The molecule has 2 aromatic carbocycles. The fourth-order valence-corrected chi connectivity index (χ4v) is 6.19. The molecule has 4 rings (SSSR count). The number of carbonyl (C=O) groups excluding carboxylic acids is 1. The van der Waals surface area contributed by atoms with Crippen LogP contribution in [0.2, 0.25) is 0 Å². The molecule has 7 heteroatoms. The second-order valence-electron chi connectivity index (χ2n) is 8.17. The molecule has 0 bridgehead atoms. The van der Waals surface area contributed by atoms with E-state index >= 15 is 0 Å². The zero-order valence-electron chi connectivity index (χ0n) is 17.1. The van der Waals surface area contributed by atoms with Crippen LogP contribution in [-0.2, 0) is 22.3 Å². The minimum Gasteiger partial charge on any atom is -0.334 e. The van der Waals surface area contributed by atoms with Crippen LogP contribution < -0.4 is 5.32 Å². The summed E-state index contributed by atoms with van der Waals surface area (Å²) < 4.78 is 27.5. The highest BCUT2D eigenvalue weighted by Crippen LogP contribution is 2.33. The van der Waals surface area contributed by atoms with Gasteiger partial charge in [0.1, 0.15) is 0 Å². The predicted octanol–water partition coefficient (Wildman–Crippen LogP) is 3.21. The number of benzene rings is 2. The largest absolute Gasteiger partial charge is 0.334 e. The van der Waals surface area contributed by atoms with Crippen molar-refractivity contribution >= 4 is 16.1 Å². The Morgan fingerprint density at radius 3 is 2.17 bits per heavy atom. The summed E-state index contributed by atoms with van der Waals surface area (Å²) in [5, 5.41) is 3.02. The van der Waals surface area contributed by atoms with Crippen LogP contribution in [0.3, 0.4) is 0 Å². The first-order valence-electron chi connectivity index (χ1n) is 10.6. The van der Waals surface area contributed by atoms with Gasteiger partial charge in [-0.3, -0.25) is 0 Å². The molecule has 160 valence electrons. The van der Waals surface area contributed by atoms with Gasteiger partial charge in [-0.25, -0.2) is 17.5 Å². The number of rotatable bonds is 5. The molecular formula is C23H29N3O3S. The Hall–Kier alpha value is -2.38. The molecule has 2 saturated heterocycles. The molecule has 2 aliphatic rings. The Balaban J connectivity index is 1.36. The molecule has 0 aromatic heterocycles. The van der Waals surface area contributed by atoms with Crippen molar-refractivity contribution in [3.05, 3.63) is 71.8 Å². The first-order valence-corrected chi connectivity index (χ1v) is 12.2. The molecule has 2 aliphatic heterocycles. The number of nitrogens with one attached hydrogen (secondary N) is 1. The predicted molar refractivity (Wildman–Crippen MR) is 117 cm³/mol. The minimum atomic E-state index is -3.36. The van der Waals surface area contributed by atoms with E-state index in [1.54, 1.807) is 4.31 Å². The SMILES string of the molecule is O=C(NCc1ccccc1)N1CC[C@@H]2CCN(S(=O)(=O)Cc3ccccc3)CC[C@@H]21. The number of carbonyl (C=O) groups is 1. The van der Waals surface area contributed by atoms with Crippen molar-refractivity contribution in [2.75, 3.05) is 19.6 Å². The van der Waals surface area contributed by atoms with Crippen LogP contribution in [0.4, 0.5) is 4.79 Å². The molecule has 2 heterocycles. The van der Waals surface area contributed by atoms with Crippen molar-refractivity contribution in [1.82, 2.24) is 14.5 Å². The second kappa shape index (κ2) is 9.18. The molecule has 0 saturated carbocycles. The van der Waals surface area contributed by atoms with Crippen LogP contribution in [0.5, 0.6) is 0 Å². The molecule has 2 amide bonds. The van der Waals surface area contributed by atoms with Crippen LogP contribution in [0, 0.1) is 5.92 Å². The number of likely N-dealkylation sites (tertiary alicyclic amines) is 1. The molecule has 0 spiro atoms. The average Bonchev–Trinajstić information content (AvgIpc) is 3.03. The van der Waals surface area contributed by atoms with Gasteiger partial charge in [0.2, 0.25) is 10.0 Å². The van der Waals surface area contributed by atoms with Crippen LogP contribution >= 0.6 is 0 Å². The topological polar surface area (TPSA) is 69.7 Å². The third-order valence-electron chi connectivity index (χ3n) is 6.24. The third-order valence-corrected chi connectivity index (χ3v) is 8.09. The van der Waals surface area contributed by atoms with Crippen LogP contribution in [0.1, 0.15) is 30.4 Å². The van der Waals surface area contributed by atoms with Gasteiger partial charge >= 0.3 is 6.03 Å². The number of sulfonamides is 1. The van der Waals surface area contributed by atoms with Crippen molar-refractivity contribution in [2.45, 2.75) is 37.6 Å². The maximum atomic E-state index is 12.9. The fraction of sp³-hybridized carbons (Fsp3) is 0.435. The van der Waals surface area contributed by atoms with Gasteiger partial charge in [-0.15, -0.1) is 0 Å². The second-order valence-corrected chi connectivity index (χ2v) is 10.1. The number of nitrogens with zero attached hydrogens (tertiary/aromatic N) is 2. The zero-order valence-corrected chi connectivity index (χ0v) is 17.9. The quantitative estimate of drug-likeness (QED) is 0.797. The summed E-state index contributed by atoms with van der Waals surface area (Å²) in [6.07, 6.45) is 2.44. The zero-order chi connectivity index (χ0) is 21.0. The smallest absolute Gasteiger partial charge is 0.317 e. The highest BCUT2D eigenvalue weighted by atomic mass is 32.2. The Morgan fingerprint density at radius 2 is 1.47 bits per heavy atom. The van der Waals surface area contributed by atoms with Gasteiger partial charge in [0.05, 0.1) is 5.75 Å². The lowest BCUT2D eigenvalue weighted by Crippen LogP contribution is -2.44. The Morgan fingerprint density at radius 1 is 0.867 bits per heavy atom. The number of fused-ring (bicyclic) bond motifs is 1. The van der Waals surface area contributed by atoms with Gasteiger partial charge in [0, 0.05) is 32.2 Å². The van der Waals surface area contributed by atoms with Crippen molar-refractivity contribution in [2.24, 2.45) is 5.92 Å². The van der Waals surface area contributed by atoms with Crippen LogP contribution in [0.25, 0.3) is 0 Å². The summed E-state index contributed by atoms with van der Waals surface area (Å²) in [4.78, 5) is 14.7. The minimum absolute atomic E-state index is 0.0322. The van der Waals surface area contributed by atoms with E-state index in [0.29, 0.717) is 32.0 Å². The maximum absolute atomic E-state index is 12.9. The molecule has 30 heavy (non-hydrogen) atoms. The lowest BCUT2D eigenvalue weighted by molar-refractivity contribution is 0.182. The molecule has 2 fully saturated rings. The van der Waals surface area contributed by atoms with E-state index in [-0.39, 0.29) is 17.8 Å². The van der Waals surface area contributed by atoms with E-state index in [2.05, 4.69) is 5.32 Å². The van der Waals surface area contributed by atoms with E-state index in [1.165, 1.54) is 0 Å². The Labute approximate surface area is 178 Å². The maximum Gasteiger partial charge on any atom is 0.317 e. The molecule has 0 aliphatic carbocycles. The van der Waals surface area contributed by atoms with E-state index in [9.17, 15) is 13.2 Å². The number of hydrogen-bond donors (Lipinski definition) is 1. The normalized spacial score (nSPS) is 22.3. The summed E-state index contributed by atoms with van der Waals surface area (Å²) in [6.45, 7) is 2.26. The number of amides is 2. The summed E-state index contributed by atoms with van der Waals surface area (Å²) in [7, 11) is -3.36. The molecule has 2 aromatic rings. The lowest BCUT2D eigenvalue weighted by atomic mass is 9.96. The molecular weight excluding hydrogens is 398 g/mol. The Kier molecular flexibility index (Phi) is 6.39. The highest BCUT2D eigenvalue weighted by molar-refractivity contribution is 7.88. The monoisotopic (exact) mass is 427 g/mol. The first kappa shape index (κ1) is 20.9. The number of hydrogen-bond acceptors (Lipinski definition) is 3. The van der Waals surface area contributed by atoms with Crippen LogP contribution in [-0.4, -0.2) is 49.3 Å². The number of urea groups is 1. The standard InChI is InChI=1S/C23H29N3O3S/c27-23(24-17-19-7-3-1-4-8-19)26-16-12-21-11-14-25(15-13-22(21)26)30(28,29)18-20-9-5-2-6-10-20/h1-10,21-22H,11-18H2,(H,24,27)/t21-,22-/m0/s1. The summed E-state index contributed by atoms with van der Waals surface area (Å²) in [6, 6.07) is 19.2. The average molecular weight is 428 g/mol. The molecule has 0 radical (unpaired) electrons. The molecule has 1 N–H and O–H groups in total. The van der Waals surface area contributed by atoms with E-state index in [1.807, 2.05) is 65.6 Å². The van der Waals surface area contributed by atoms with Gasteiger partial charge in [0.25, 0.3) is 0 Å². The molecule has 2 atom stereocenters. The van der Waals surface area contributed by atoms with Crippen molar-refractivity contribution in [3.63, 3.8) is 0 Å². The van der Waals surface area contributed by atoms with E-state index in [4.69, 9.17) is 0 Å². The fourth-order valence-electron chi connectivity index (χ4n) is 4.63. The third kappa shape index (κ3) is 4.84. The highest BCUT2D eigenvalue weighted by Gasteiger charge is 2.40. The molecule has 6 nitrogen and oxygen atoms in total. The molecule has 0 unspecified atom stereocenters. The van der Waals surface area contributed by atoms with Gasteiger partial charge in [-0.1, -0.05) is 60.7 Å². The van der Waals surface area contributed by atoms with Gasteiger partial charge in [-0.2, -0.15) is 0 Å². The summed E-state index contributed by atoms with van der Waals surface area (Å²) in [5.74, 6) is 0.397.